The van der Waals surface area contributed by atoms with Crippen molar-refractivity contribution in [1.29, 1.82) is 0 Å². The minimum atomic E-state index is -0.760. The minimum Gasteiger partial charge on any atom is -0.337 e. The third-order valence-electron chi connectivity index (χ3n) is 4.14. The van der Waals surface area contributed by atoms with Crippen LogP contribution in [0, 0.1) is 5.92 Å². The molecule has 0 spiro atoms. The van der Waals surface area contributed by atoms with E-state index in [0.29, 0.717) is 10.9 Å². The Hall–Kier alpha value is -1.06. The topological polar surface area (TPSA) is 46.3 Å². The third kappa shape index (κ3) is 2.77. The van der Waals surface area contributed by atoms with Crippen LogP contribution >= 0.6 is 11.6 Å². The number of likely N-dealkylation sites (N-methyl/N-ethyl adjacent to an activating group) is 1. The second-order valence-electron chi connectivity index (χ2n) is 5.67. The average molecular weight is 281 g/mol. The number of carbonyl (C=O) groups excluding carboxylic acids is 1. The maximum Gasteiger partial charge on any atom is 0.242 e. The standard InChI is InChI=1S/C15H21ClN2O/c1-10(12-6-4-5-7-13(12)16)18(3)14(19)15(2,17)11-8-9-11/h4-7,10-11H,8-9,17H2,1-3H3. The van der Waals surface area contributed by atoms with Crippen molar-refractivity contribution < 1.29 is 4.79 Å². The summed E-state index contributed by atoms with van der Waals surface area (Å²) >= 11 is 6.19. The Balaban J connectivity index is 2.17. The molecule has 1 amide bonds. The quantitative estimate of drug-likeness (QED) is 0.922. The van der Waals surface area contributed by atoms with Gasteiger partial charge < -0.3 is 10.6 Å². The Bertz CT molecular complexity index is 483. The molecule has 1 aliphatic rings. The van der Waals surface area contributed by atoms with E-state index >= 15 is 0 Å². The van der Waals surface area contributed by atoms with Crippen molar-refractivity contribution in [1.82, 2.24) is 4.90 Å². The summed E-state index contributed by atoms with van der Waals surface area (Å²) in [6, 6.07) is 7.52. The molecular formula is C15H21ClN2O. The highest BCUT2D eigenvalue weighted by Crippen LogP contribution is 2.40. The summed E-state index contributed by atoms with van der Waals surface area (Å²) in [5, 5.41) is 0.680. The van der Waals surface area contributed by atoms with Crippen LogP contribution in [0.25, 0.3) is 0 Å². The van der Waals surface area contributed by atoms with Crippen molar-refractivity contribution >= 4 is 17.5 Å². The fourth-order valence-electron chi connectivity index (χ4n) is 2.44. The van der Waals surface area contributed by atoms with Gasteiger partial charge in [-0.25, -0.2) is 0 Å². The van der Waals surface area contributed by atoms with E-state index in [1.807, 2.05) is 38.1 Å². The van der Waals surface area contributed by atoms with Crippen molar-refractivity contribution in [3.05, 3.63) is 34.9 Å². The normalized spacial score (nSPS) is 19.6. The van der Waals surface area contributed by atoms with Gasteiger partial charge in [-0.2, -0.15) is 0 Å². The number of halogens is 1. The molecule has 104 valence electrons. The van der Waals surface area contributed by atoms with E-state index in [1.54, 1.807) is 11.9 Å². The second kappa shape index (κ2) is 5.14. The first-order chi connectivity index (χ1) is 8.85. The number of rotatable bonds is 4. The van der Waals surface area contributed by atoms with Gasteiger partial charge in [0.1, 0.15) is 0 Å². The molecule has 4 heteroatoms. The van der Waals surface area contributed by atoms with Gasteiger partial charge in [0.25, 0.3) is 0 Å². The van der Waals surface area contributed by atoms with Crippen molar-refractivity contribution in [3.8, 4) is 0 Å². The average Bonchev–Trinajstić information content (AvgIpc) is 3.21. The molecule has 1 aliphatic carbocycles. The van der Waals surface area contributed by atoms with E-state index in [2.05, 4.69) is 0 Å². The van der Waals surface area contributed by atoms with Gasteiger partial charge in [0.2, 0.25) is 5.91 Å². The second-order valence-corrected chi connectivity index (χ2v) is 6.08. The number of nitrogens with two attached hydrogens (primary N) is 1. The zero-order chi connectivity index (χ0) is 14.2. The number of hydrogen-bond donors (Lipinski definition) is 1. The summed E-state index contributed by atoms with van der Waals surface area (Å²) in [6.45, 7) is 3.81. The van der Waals surface area contributed by atoms with Crippen LogP contribution < -0.4 is 5.73 Å². The fourth-order valence-corrected chi connectivity index (χ4v) is 2.73. The number of carbonyl (C=O) groups is 1. The van der Waals surface area contributed by atoms with Crippen LogP contribution in [0.15, 0.2) is 24.3 Å². The molecule has 1 aromatic rings. The molecule has 0 aliphatic heterocycles. The maximum absolute atomic E-state index is 12.5. The summed E-state index contributed by atoms with van der Waals surface area (Å²) in [6.07, 6.45) is 2.10. The zero-order valence-electron chi connectivity index (χ0n) is 11.7. The van der Waals surface area contributed by atoms with E-state index in [4.69, 9.17) is 17.3 Å². The monoisotopic (exact) mass is 280 g/mol. The van der Waals surface area contributed by atoms with Crippen LogP contribution in [0.3, 0.4) is 0 Å². The van der Waals surface area contributed by atoms with Gasteiger partial charge in [-0.1, -0.05) is 29.8 Å². The predicted molar refractivity (Wildman–Crippen MR) is 78.0 cm³/mol. The Morgan fingerprint density at radius 1 is 1.47 bits per heavy atom. The molecule has 0 heterocycles. The Morgan fingerprint density at radius 2 is 2.05 bits per heavy atom. The van der Waals surface area contributed by atoms with Gasteiger partial charge in [0.15, 0.2) is 0 Å². The Morgan fingerprint density at radius 3 is 2.58 bits per heavy atom. The zero-order valence-corrected chi connectivity index (χ0v) is 12.4. The van der Waals surface area contributed by atoms with Crippen molar-refractivity contribution in [2.45, 2.75) is 38.3 Å². The third-order valence-corrected chi connectivity index (χ3v) is 4.49. The molecule has 1 saturated carbocycles. The molecule has 1 aromatic carbocycles. The molecule has 2 atom stereocenters. The maximum atomic E-state index is 12.5. The number of nitrogens with zero attached hydrogens (tertiary/aromatic N) is 1. The van der Waals surface area contributed by atoms with E-state index in [-0.39, 0.29) is 11.9 Å². The Kier molecular flexibility index (Phi) is 3.88. The summed E-state index contributed by atoms with van der Waals surface area (Å²) in [7, 11) is 1.80. The van der Waals surface area contributed by atoms with Crippen LogP contribution in [0.4, 0.5) is 0 Å². The highest BCUT2D eigenvalue weighted by atomic mass is 35.5. The molecule has 1 fully saturated rings. The first kappa shape index (κ1) is 14.4. The molecule has 0 aromatic heterocycles. The van der Waals surface area contributed by atoms with E-state index in [1.165, 1.54) is 0 Å². The summed E-state index contributed by atoms with van der Waals surface area (Å²) in [4.78, 5) is 14.2. The molecule has 19 heavy (non-hydrogen) atoms. The first-order valence-corrected chi connectivity index (χ1v) is 7.04. The fraction of sp³-hybridized carbons (Fsp3) is 0.533. The Labute approximate surface area is 119 Å². The lowest BCUT2D eigenvalue weighted by atomic mass is 9.94. The lowest BCUT2D eigenvalue weighted by molar-refractivity contribution is -0.137. The van der Waals surface area contributed by atoms with E-state index < -0.39 is 5.54 Å². The minimum absolute atomic E-state index is 0.0116. The number of amides is 1. The SMILES string of the molecule is CC(c1ccccc1Cl)N(C)C(=O)C(C)(N)C1CC1. The van der Waals surface area contributed by atoms with Crippen LogP contribution in [0.2, 0.25) is 5.02 Å². The first-order valence-electron chi connectivity index (χ1n) is 6.66. The van der Waals surface area contributed by atoms with Crippen LogP contribution in [0.1, 0.15) is 38.3 Å². The molecule has 3 nitrogen and oxygen atoms in total. The number of hydrogen-bond acceptors (Lipinski definition) is 2. The highest BCUT2D eigenvalue weighted by molar-refractivity contribution is 6.31. The summed E-state index contributed by atoms with van der Waals surface area (Å²) in [5.74, 6) is 0.309. The van der Waals surface area contributed by atoms with Crippen molar-refractivity contribution in [2.24, 2.45) is 11.7 Å². The lowest BCUT2D eigenvalue weighted by Crippen LogP contribution is -2.54. The largest absolute Gasteiger partial charge is 0.337 e. The van der Waals surface area contributed by atoms with E-state index in [0.717, 1.165) is 18.4 Å². The molecule has 0 radical (unpaired) electrons. The van der Waals surface area contributed by atoms with E-state index in [9.17, 15) is 4.79 Å². The van der Waals surface area contributed by atoms with Gasteiger partial charge in [0, 0.05) is 12.1 Å². The molecule has 2 rings (SSSR count). The molecule has 2 unspecified atom stereocenters. The van der Waals surface area contributed by atoms with Gasteiger partial charge in [-0.3, -0.25) is 4.79 Å². The lowest BCUT2D eigenvalue weighted by Gasteiger charge is -2.33. The van der Waals surface area contributed by atoms with Crippen LogP contribution in [0.5, 0.6) is 0 Å². The van der Waals surface area contributed by atoms with Gasteiger partial charge in [-0.05, 0) is 44.2 Å². The summed E-state index contributed by atoms with van der Waals surface area (Å²) < 4.78 is 0. The number of benzene rings is 1. The molecule has 0 saturated heterocycles. The van der Waals surface area contributed by atoms with Crippen LogP contribution in [-0.2, 0) is 4.79 Å². The molecule has 0 bridgehead atoms. The van der Waals surface area contributed by atoms with Gasteiger partial charge in [-0.15, -0.1) is 0 Å². The summed E-state index contributed by atoms with van der Waals surface area (Å²) in [5.41, 5.74) is 6.39. The van der Waals surface area contributed by atoms with Crippen molar-refractivity contribution in [2.75, 3.05) is 7.05 Å². The van der Waals surface area contributed by atoms with Gasteiger partial charge >= 0.3 is 0 Å². The highest BCUT2D eigenvalue weighted by Gasteiger charge is 2.46. The van der Waals surface area contributed by atoms with Gasteiger partial charge in [0.05, 0.1) is 11.6 Å². The van der Waals surface area contributed by atoms with Crippen LogP contribution in [-0.4, -0.2) is 23.4 Å². The smallest absolute Gasteiger partial charge is 0.242 e. The molecule has 2 N–H and O–H groups in total. The molecular weight excluding hydrogens is 260 g/mol. The van der Waals surface area contributed by atoms with Crippen molar-refractivity contribution in [3.63, 3.8) is 0 Å². The predicted octanol–water partition coefficient (Wildman–Crippen LogP) is 2.99.